The molecule has 0 heterocycles. The van der Waals surface area contributed by atoms with Gasteiger partial charge >= 0.3 is 5.97 Å². The lowest BCUT2D eigenvalue weighted by Gasteiger charge is -2.12. The summed E-state index contributed by atoms with van der Waals surface area (Å²) in [5, 5.41) is 17.1. The number of carbonyl (C=O) groups excluding carboxylic acids is 1. The minimum Gasteiger partial charge on any atom is -0.464 e. The Balaban J connectivity index is 3.91. The van der Waals surface area contributed by atoms with E-state index in [-0.39, 0.29) is 18.1 Å². The lowest BCUT2D eigenvalue weighted by molar-refractivity contribution is -0.144. The summed E-state index contributed by atoms with van der Waals surface area (Å²) in [5.41, 5.74) is 0.0214. The number of hydrogen-bond donors (Lipinski definition) is 0. The van der Waals surface area contributed by atoms with E-state index < -0.39 is 0 Å². The first kappa shape index (κ1) is 17.7. The van der Waals surface area contributed by atoms with Gasteiger partial charge in [-0.2, -0.15) is 10.5 Å². The summed E-state index contributed by atoms with van der Waals surface area (Å²) in [7, 11) is 1.72. The zero-order valence-corrected chi connectivity index (χ0v) is 12.1. The monoisotopic (exact) mass is 275 g/mol. The molecule has 0 saturated carbocycles. The second-order valence-electron chi connectivity index (χ2n) is 4.34. The van der Waals surface area contributed by atoms with Crippen molar-refractivity contribution in [3.63, 3.8) is 0 Å². The van der Waals surface area contributed by atoms with E-state index >= 15 is 0 Å². The largest absolute Gasteiger partial charge is 0.464 e. The number of unbranched alkanes of at least 4 members (excludes halogenated alkanes) is 3. The van der Waals surface area contributed by atoms with Gasteiger partial charge in [-0.1, -0.05) is 26.2 Å². The molecule has 0 aliphatic heterocycles. The smallest absolute Gasteiger partial charge is 0.325 e. The number of nitrogens with zero attached hydrogens (tertiary/aromatic N) is 3. The molecule has 5 heteroatoms. The fourth-order valence-corrected chi connectivity index (χ4v) is 1.40. The molecule has 0 rings (SSSR count). The first-order valence-corrected chi connectivity index (χ1v) is 6.68. The highest BCUT2D eigenvalue weighted by Gasteiger charge is 2.04. The molecule has 0 amide bonds. The predicted octanol–water partition coefficient (Wildman–Crippen LogP) is 2.53. The Bertz CT molecular complexity index is 411. The molecule has 0 N–H and O–H groups in total. The maximum Gasteiger partial charge on any atom is 0.325 e. The van der Waals surface area contributed by atoms with Crippen LogP contribution < -0.4 is 0 Å². The van der Waals surface area contributed by atoms with Crippen molar-refractivity contribution >= 4 is 5.97 Å². The molecule has 20 heavy (non-hydrogen) atoms. The number of esters is 1. The van der Waals surface area contributed by atoms with Crippen LogP contribution in [-0.4, -0.2) is 31.1 Å². The van der Waals surface area contributed by atoms with Gasteiger partial charge in [-0.3, -0.25) is 4.79 Å². The van der Waals surface area contributed by atoms with E-state index in [4.69, 9.17) is 15.3 Å². The predicted molar refractivity (Wildman–Crippen MR) is 76.2 cm³/mol. The molecule has 0 aliphatic rings. The van der Waals surface area contributed by atoms with Crippen molar-refractivity contribution in [3.8, 4) is 12.1 Å². The average molecular weight is 275 g/mol. The number of hydrogen-bond acceptors (Lipinski definition) is 5. The lowest BCUT2D eigenvalue weighted by Crippen LogP contribution is -2.23. The summed E-state index contributed by atoms with van der Waals surface area (Å²) < 4.78 is 5.09. The third-order valence-electron chi connectivity index (χ3n) is 2.48. The van der Waals surface area contributed by atoms with E-state index in [9.17, 15) is 4.79 Å². The van der Waals surface area contributed by atoms with Crippen LogP contribution >= 0.6 is 0 Å². The third kappa shape index (κ3) is 9.73. The number of nitriles is 2. The fraction of sp³-hybridized carbons (Fsp3) is 0.533. The van der Waals surface area contributed by atoms with Gasteiger partial charge in [0.15, 0.2) is 0 Å². The molecular weight excluding hydrogens is 254 g/mol. The van der Waals surface area contributed by atoms with Crippen molar-refractivity contribution in [1.82, 2.24) is 4.90 Å². The maximum atomic E-state index is 11.5. The Kier molecular flexibility index (Phi) is 10.5. The molecule has 0 radical (unpaired) electrons. The molecule has 0 spiro atoms. The molecule has 0 saturated heterocycles. The minimum atomic E-state index is -0.279. The summed E-state index contributed by atoms with van der Waals surface area (Å²) in [4.78, 5) is 13.1. The van der Waals surface area contributed by atoms with Crippen LogP contribution in [0.1, 0.15) is 32.6 Å². The van der Waals surface area contributed by atoms with Crippen LogP contribution in [0.3, 0.4) is 0 Å². The molecule has 0 aliphatic carbocycles. The quantitative estimate of drug-likeness (QED) is 0.280. The van der Waals surface area contributed by atoms with Crippen molar-refractivity contribution in [1.29, 1.82) is 10.5 Å². The Labute approximate surface area is 120 Å². The second kappa shape index (κ2) is 11.8. The van der Waals surface area contributed by atoms with Crippen LogP contribution in [0.25, 0.3) is 0 Å². The summed E-state index contributed by atoms with van der Waals surface area (Å²) in [6.45, 7) is 2.74. The van der Waals surface area contributed by atoms with E-state index in [0.717, 1.165) is 25.7 Å². The Morgan fingerprint density at radius 2 is 1.95 bits per heavy atom. The van der Waals surface area contributed by atoms with Gasteiger partial charge in [0, 0.05) is 7.05 Å². The highest BCUT2D eigenvalue weighted by atomic mass is 16.5. The minimum absolute atomic E-state index is 0.0214. The van der Waals surface area contributed by atoms with Crippen LogP contribution in [0, 0.1) is 22.7 Å². The van der Waals surface area contributed by atoms with E-state index in [2.05, 4.69) is 6.92 Å². The fourth-order valence-electron chi connectivity index (χ4n) is 1.40. The lowest BCUT2D eigenvalue weighted by atomic mass is 10.2. The molecule has 108 valence electrons. The topological polar surface area (TPSA) is 77.1 Å². The third-order valence-corrected chi connectivity index (χ3v) is 2.48. The highest BCUT2D eigenvalue weighted by Crippen LogP contribution is 1.99. The Hall–Kier alpha value is -2.27. The molecule has 0 atom stereocenters. The van der Waals surface area contributed by atoms with Gasteiger partial charge in [-0.05, 0) is 24.8 Å². The molecule has 0 aromatic heterocycles. The van der Waals surface area contributed by atoms with Crippen LogP contribution in [0.2, 0.25) is 0 Å². The summed E-state index contributed by atoms with van der Waals surface area (Å²) in [5.74, 6) is -0.279. The standard InChI is InChI=1S/C15H21N3O2/c1-3-4-5-6-10-20-15(19)13-18(2)9-7-8-14(11-16)12-17/h7-9H,3-6,10,13H2,1-2H3/b9-7+. The summed E-state index contributed by atoms with van der Waals surface area (Å²) in [6, 6.07) is 3.50. The highest BCUT2D eigenvalue weighted by molar-refractivity contribution is 5.71. The van der Waals surface area contributed by atoms with Crippen molar-refractivity contribution in [3.05, 3.63) is 23.9 Å². The van der Waals surface area contributed by atoms with E-state index in [1.165, 1.54) is 6.08 Å². The first-order valence-electron chi connectivity index (χ1n) is 6.68. The van der Waals surface area contributed by atoms with Gasteiger partial charge in [-0.15, -0.1) is 0 Å². The molecule has 0 unspecified atom stereocenters. The molecular formula is C15H21N3O2. The van der Waals surface area contributed by atoms with E-state index in [0.29, 0.717) is 6.61 Å². The van der Waals surface area contributed by atoms with E-state index in [1.54, 1.807) is 36.4 Å². The molecule has 5 nitrogen and oxygen atoms in total. The zero-order chi connectivity index (χ0) is 15.2. The molecule has 0 aromatic carbocycles. The zero-order valence-electron chi connectivity index (χ0n) is 12.1. The van der Waals surface area contributed by atoms with Gasteiger partial charge in [0.05, 0.1) is 6.61 Å². The van der Waals surface area contributed by atoms with Crippen molar-refractivity contribution in [2.45, 2.75) is 32.6 Å². The second-order valence-corrected chi connectivity index (χ2v) is 4.34. The van der Waals surface area contributed by atoms with Gasteiger partial charge in [0.2, 0.25) is 0 Å². The number of ether oxygens (including phenoxy) is 1. The van der Waals surface area contributed by atoms with Crippen LogP contribution in [-0.2, 0) is 9.53 Å². The first-order chi connectivity index (χ1) is 9.63. The number of allylic oxidation sites excluding steroid dienone is 3. The molecule has 0 bridgehead atoms. The van der Waals surface area contributed by atoms with Crippen LogP contribution in [0.4, 0.5) is 0 Å². The van der Waals surface area contributed by atoms with Crippen molar-refractivity contribution in [2.24, 2.45) is 0 Å². The van der Waals surface area contributed by atoms with Crippen molar-refractivity contribution in [2.75, 3.05) is 20.2 Å². The Morgan fingerprint density at radius 1 is 1.25 bits per heavy atom. The normalized spacial score (nSPS) is 9.60. The van der Waals surface area contributed by atoms with Crippen LogP contribution in [0.5, 0.6) is 0 Å². The van der Waals surface area contributed by atoms with Gasteiger partial charge in [0.1, 0.15) is 24.3 Å². The number of rotatable bonds is 9. The average Bonchev–Trinajstić information content (AvgIpc) is 2.43. The van der Waals surface area contributed by atoms with Gasteiger partial charge in [-0.25, -0.2) is 0 Å². The Morgan fingerprint density at radius 3 is 2.55 bits per heavy atom. The maximum absolute atomic E-state index is 11.5. The van der Waals surface area contributed by atoms with Gasteiger partial charge < -0.3 is 9.64 Å². The van der Waals surface area contributed by atoms with E-state index in [1.807, 2.05) is 0 Å². The number of likely N-dealkylation sites (N-methyl/N-ethyl adjacent to an activating group) is 1. The van der Waals surface area contributed by atoms with Gasteiger partial charge in [0.25, 0.3) is 0 Å². The molecule has 0 aromatic rings. The van der Waals surface area contributed by atoms with Crippen LogP contribution in [0.15, 0.2) is 23.9 Å². The molecule has 0 fully saturated rings. The summed E-state index contributed by atoms with van der Waals surface area (Å²) in [6.07, 6.45) is 8.86. The van der Waals surface area contributed by atoms with Crippen molar-refractivity contribution < 1.29 is 9.53 Å². The summed E-state index contributed by atoms with van der Waals surface area (Å²) >= 11 is 0. The number of carbonyl (C=O) groups is 1. The SMILES string of the molecule is CCCCCCOC(=O)CN(C)/C=C/C=C(C#N)C#N.